The summed E-state index contributed by atoms with van der Waals surface area (Å²) in [7, 11) is 0. The number of hydrogen-bond acceptors (Lipinski definition) is 8. The number of halogens is 1. The molecule has 1 aliphatic heterocycles. The summed E-state index contributed by atoms with van der Waals surface area (Å²) in [6.45, 7) is 1.75. The number of hydrogen-bond donors (Lipinski definition) is 0. The van der Waals surface area contributed by atoms with Crippen molar-refractivity contribution in [2.75, 3.05) is 18.0 Å². The number of aromatic nitrogens is 6. The van der Waals surface area contributed by atoms with E-state index in [1.165, 1.54) is 16.9 Å². The van der Waals surface area contributed by atoms with Crippen molar-refractivity contribution in [2.24, 2.45) is 11.8 Å². The summed E-state index contributed by atoms with van der Waals surface area (Å²) in [4.78, 5) is 27.0. The molecule has 0 spiro atoms. The summed E-state index contributed by atoms with van der Waals surface area (Å²) in [5.74, 6) is 1.60. The zero-order chi connectivity index (χ0) is 20.2. The molecule has 0 bridgehead atoms. The van der Waals surface area contributed by atoms with Crippen molar-refractivity contribution >= 4 is 16.6 Å². The molecule has 9 nitrogen and oxygen atoms in total. The molecule has 2 fully saturated rings. The number of fused-ring (bicyclic) bond motifs is 2. The van der Waals surface area contributed by atoms with E-state index >= 15 is 0 Å². The summed E-state index contributed by atoms with van der Waals surface area (Å²) in [6, 6.07) is 6.71. The second-order valence-electron chi connectivity index (χ2n) is 7.69. The predicted molar refractivity (Wildman–Crippen MR) is 103 cm³/mol. The Hall–Kier alpha value is -3.69. The van der Waals surface area contributed by atoms with Gasteiger partial charge in [0.15, 0.2) is 5.82 Å². The SMILES string of the molecule is O=c1c2cccnc2cnn1Cc1nc([C@@H]2[C@@H]3CN(c4ccnc(F)c4)C[C@@H]32)no1. The summed E-state index contributed by atoms with van der Waals surface area (Å²) in [5, 5.41) is 8.78. The quantitative estimate of drug-likeness (QED) is 0.472. The standard InChI is InChI=1S/C20H16FN7O2/c21-16-6-11(3-5-23-16)27-8-13-14(9-27)18(13)19-25-17(30-26-19)10-28-20(29)12-2-1-4-22-15(12)7-24-28/h1-7,13-14,18H,8-10H2/t13-,14+,18-. The minimum Gasteiger partial charge on any atom is -0.371 e. The summed E-state index contributed by atoms with van der Waals surface area (Å²) in [6.07, 6.45) is 4.66. The highest BCUT2D eigenvalue weighted by Gasteiger charge is 2.58. The van der Waals surface area contributed by atoms with E-state index in [-0.39, 0.29) is 18.0 Å². The average Bonchev–Trinajstić information content (AvgIpc) is 3.10. The van der Waals surface area contributed by atoms with Crippen LogP contribution in [0.25, 0.3) is 10.9 Å². The lowest BCUT2D eigenvalue weighted by molar-refractivity contribution is 0.358. The van der Waals surface area contributed by atoms with E-state index in [2.05, 4.69) is 30.1 Å². The molecular formula is C20H16FN7O2. The molecule has 1 aliphatic carbocycles. The molecule has 0 amide bonds. The van der Waals surface area contributed by atoms with Crippen molar-refractivity contribution < 1.29 is 8.91 Å². The van der Waals surface area contributed by atoms with Crippen molar-refractivity contribution in [3.8, 4) is 0 Å². The summed E-state index contributed by atoms with van der Waals surface area (Å²) >= 11 is 0. The van der Waals surface area contributed by atoms with Gasteiger partial charge in [0.05, 0.1) is 17.1 Å². The molecule has 0 N–H and O–H groups in total. The van der Waals surface area contributed by atoms with Crippen LogP contribution in [0.3, 0.4) is 0 Å². The fourth-order valence-corrected chi connectivity index (χ4v) is 4.43. The Morgan fingerprint density at radius 3 is 2.87 bits per heavy atom. The molecule has 0 unspecified atom stereocenters. The normalized spacial score (nSPS) is 22.4. The highest BCUT2D eigenvalue weighted by atomic mass is 19.1. The van der Waals surface area contributed by atoms with Crippen LogP contribution < -0.4 is 10.5 Å². The van der Waals surface area contributed by atoms with E-state index in [0.29, 0.717) is 34.5 Å². The van der Waals surface area contributed by atoms with Crippen LogP contribution in [0, 0.1) is 17.8 Å². The van der Waals surface area contributed by atoms with E-state index in [4.69, 9.17) is 4.52 Å². The average molecular weight is 405 g/mol. The molecule has 3 atom stereocenters. The highest BCUT2D eigenvalue weighted by Crippen LogP contribution is 2.57. The van der Waals surface area contributed by atoms with Gasteiger partial charge in [-0.25, -0.2) is 9.67 Å². The Labute approximate surface area is 169 Å². The monoisotopic (exact) mass is 405 g/mol. The van der Waals surface area contributed by atoms with E-state index in [1.54, 1.807) is 24.5 Å². The van der Waals surface area contributed by atoms with Crippen molar-refractivity contribution in [1.29, 1.82) is 0 Å². The molecule has 5 heterocycles. The molecule has 6 rings (SSSR count). The van der Waals surface area contributed by atoms with Crippen LogP contribution in [0.2, 0.25) is 0 Å². The summed E-state index contributed by atoms with van der Waals surface area (Å²) in [5.41, 5.74) is 1.15. The fraction of sp³-hybridized carbons (Fsp3) is 0.300. The first-order chi connectivity index (χ1) is 14.7. The van der Waals surface area contributed by atoms with Crippen LogP contribution in [0.5, 0.6) is 0 Å². The third-order valence-corrected chi connectivity index (χ3v) is 5.96. The van der Waals surface area contributed by atoms with Gasteiger partial charge in [0.1, 0.15) is 6.54 Å². The summed E-state index contributed by atoms with van der Waals surface area (Å²) < 4.78 is 20.0. The Kier molecular flexibility index (Phi) is 3.67. The van der Waals surface area contributed by atoms with Crippen LogP contribution in [0.4, 0.5) is 10.1 Å². The third kappa shape index (κ3) is 2.75. The van der Waals surface area contributed by atoms with Crippen molar-refractivity contribution in [1.82, 2.24) is 29.9 Å². The maximum atomic E-state index is 13.4. The Morgan fingerprint density at radius 1 is 1.17 bits per heavy atom. The zero-order valence-electron chi connectivity index (χ0n) is 15.7. The second kappa shape index (κ2) is 6.41. The van der Waals surface area contributed by atoms with Crippen LogP contribution in [-0.4, -0.2) is 43.0 Å². The third-order valence-electron chi connectivity index (χ3n) is 5.96. The van der Waals surface area contributed by atoms with Gasteiger partial charge in [-0.05, 0) is 30.0 Å². The molecule has 0 aromatic carbocycles. The predicted octanol–water partition coefficient (Wildman–Crippen LogP) is 1.61. The minimum absolute atomic E-state index is 0.112. The van der Waals surface area contributed by atoms with Gasteiger partial charge in [-0.15, -0.1) is 0 Å². The van der Waals surface area contributed by atoms with Crippen LogP contribution in [0.1, 0.15) is 17.6 Å². The first-order valence-electron chi connectivity index (χ1n) is 9.67. The first kappa shape index (κ1) is 17.2. The van der Waals surface area contributed by atoms with Crippen LogP contribution in [0.15, 0.2) is 52.2 Å². The minimum atomic E-state index is -0.472. The van der Waals surface area contributed by atoms with E-state index in [9.17, 15) is 9.18 Å². The first-order valence-corrected chi connectivity index (χ1v) is 9.67. The van der Waals surface area contributed by atoms with E-state index in [0.717, 1.165) is 18.8 Å². The topological polar surface area (TPSA) is 103 Å². The van der Waals surface area contributed by atoms with Gasteiger partial charge in [0, 0.05) is 43.2 Å². The molecular weight excluding hydrogens is 389 g/mol. The number of pyridine rings is 2. The van der Waals surface area contributed by atoms with Crippen LogP contribution in [-0.2, 0) is 6.54 Å². The van der Waals surface area contributed by atoms with Gasteiger partial charge in [-0.2, -0.15) is 14.5 Å². The van der Waals surface area contributed by atoms with Gasteiger partial charge in [-0.3, -0.25) is 9.78 Å². The fourth-order valence-electron chi connectivity index (χ4n) is 4.43. The lowest BCUT2D eigenvalue weighted by Crippen LogP contribution is -2.24. The van der Waals surface area contributed by atoms with Crippen molar-refractivity contribution in [3.63, 3.8) is 0 Å². The molecule has 4 aromatic rings. The van der Waals surface area contributed by atoms with Gasteiger partial charge >= 0.3 is 0 Å². The van der Waals surface area contributed by atoms with Gasteiger partial charge in [0.25, 0.3) is 5.56 Å². The Balaban J connectivity index is 1.16. The lowest BCUT2D eigenvalue weighted by atomic mass is 10.2. The maximum absolute atomic E-state index is 13.4. The molecule has 2 aliphatic rings. The van der Waals surface area contributed by atoms with Crippen molar-refractivity contribution in [2.45, 2.75) is 12.5 Å². The van der Waals surface area contributed by atoms with Crippen LogP contribution >= 0.6 is 0 Å². The molecule has 10 heteroatoms. The second-order valence-corrected chi connectivity index (χ2v) is 7.69. The molecule has 150 valence electrons. The largest absolute Gasteiger partial charge is 0.371 e. The molecule has 1 saturated carbocycles. The van der Waals surface area contributed by atoms with Gasteiger partial charge in [0.2, 0.25) is 11.8 Å². The number of rotatable bonds is 4. The van der Waals surface area contributed by atoms with Gasteiger partial charge in [-0.1, -0.05) is 5.16 Å². The maximum Gasteiger partial charge on any atom is 0.276 e. The molecule has 0 radical (unpaired) electrons. The molecule has 30 heavy (non-hydrogen) atoms. The van der Waals surface area contributed by atoms with Crippen molar-refractivity contribution in [3.05, 3.63) is 70.9 Å². The van der Waals surface area contributed by atoms with E-state index < -0.39 is 5.95 Å². The Morgan fingerprint density at radius 2 is 2.03 bits per heavy atom. The molecule has 1 saturated heterocycles. The molecule has 4 aromatic heterocycles. The number of nitrogens with zero attached hydrogens (tertiary/aromatic N) is 7. The number of piperidine rings is 1. The van der Waals surface area contributed by atoms with E-state index in [1.807, 2.05) is 6.07 Å². The van der Waals surface area contributed by atoms with Gasteiger partial charge < -0.3 is 9.42 Å². The lowest BCUT2D eigenvalue weighted by Gasteiger charge is -2.21. The number of anilines is 1. The highest BCUT2D eigenvalue weighted by molar-refractivity contribution is 5.75. The smallest absolute Gasteiger partial charge is 0.276 e. The zero-order valence-corrected chi connectivity index (χ0v) is 15.7. The Bertz CT molecular complexity index is 1310.